The molecule has 0 heterocycles. The van der Waals surface area contributed by atoms with Crippen molar-refractivity contribution in [3.05, 3.63) is 48.0 Å². The molecule has 0 spiro atoms. The molecule has 5 nitrogen and oxygen atoms in total. The van der Waals surface area contributed by atoms with Crippen molar-refractivity contribution in [1.29, 1.82) is 0 Å². The van der Waals surface area contributed by atoms with E-state index in [1.165, 1.54) is 17.8 Å². The number of hydrogen-bond donors (Lipinski definition) is 1. The molecule has 8 heteroatoms. The lowest BCUT2D eigenvalue weighted by molar-refractivity contribution is 0.0696. The van der Waals surface area contributed by atoms with E-state index in [0.29, 0.717) is 16.4 Å². The third kappa shape index (κ3) is 5.65. The summed E-state index contributed by atoms with van der Waals surface area (Å²) in [5, 5.41) is 9.30. The summed E-state index contributed by atoms with van der Waals surface area (Å²) >= 11 is 1.36. The van der Waals surface area contributed by atoms with Crippen molar-refractivity contribution < 1.29 is 23.1 Å². The van der Waals surface area contributed by atoms with Crippen LogP contribution in [0.15, 0.2) is 52.3 Å². The summed E-state index contributed by atoms with van der Waals surface area (Å²) in [6.45, 7) is 2.08. The molecule has 0 saturated heterocycles. The van der Waals surface area contributed by atoms with Crippen LogP contribution in [0.5, 0.6) is 11.5 Å². The van der Waals surface area contributed by atoms with E-state index in [9.17, 15) is 18.3 Å². The number of aromatic carboxylic acids is 1. The summed E-state index contributed by atoms with van der Waals surface area (Å²) < 4.78 is 29.8. The number of halogens is 1. The molecule has 0 atom stereocenters. The van der Waals surface area contributed by atoms with Crippen LogP contribution in [0.3, 0.4) is 0 Å². The average Bonchev–Trinajstić information content (AvgIpc) is 2.59. The van der Waals surface area contributed by atoms with Gasteiger partial charge in [-0.25, -0.2) is 13.2 Å². The molecule has 0 saturated carbocycles. The molecule has 26 heavy (non-hydrogen) atoms. The zero-order valence-corrected chi connectivity index (χ0v) is 16.5. The Balaban J connectivity index is 2.53. The summed E-state index contributed by atoms with van der Waals surface area (Å²) in [4.78, 5) is 11.5. The summed E-state index contributed by atoms with van der Waals surface area (Å²) in [5.41, 5.74) is -0.150. The van der Waals surface area contributed by atoms with Gasteiger partial charge in [0.2, 0.25) is 0 Å². The number of carboxylic acid groups (broad SMARTS) is 1. The van der Waals surface area contributed by atoms with Crippen LogP contribution in [0.4, 0.5) is 0 Å². The fourth-order valence-electron chi connectivity index (χ4n) is 2.23. The predicted molar refractivity (Wildman–Crippen MR) is 103 cm³/mol. The molecule has 140 valence electrons. The van der Waals surface area contributed by atoms with Crippen LogP contribution in [0.25, 0.3) is 0 Å². The Bertz CT molecular complexity index is 867. The Labute approximate surface area is 161 Å². The maximum atomic E-state index is 12.0. The number of carbonyl (C=O) groups is 1. The van der Waals surface area contributed by atoms with E-state index in [1.807, 2.05) is 0 Å². The minimum absolute atomic E-state index is 0.0534. The van der Waals surface area contributed by atoms with E-state index in [1.54, 1.807) is 30.3 Å². The van der Waals surface area contributed by atoms with E-state index in [0.717, 1.165) is 25.3 Å². The van der Waals surface area contributed by atoms with Gasteiger partial charge in [0.1, 0.15) is 10.6 Å². The Morgan fingerprint density at radius 2 is 1.88 bits per heavy atom. The summed E-state index contributed by atoms with van der Waals surface area (Å²) in [7, 11) is 1.36. The Morgan fingerprint density at radius 3 is 2.46 bits per heavy atom. The number of carboxylic acids is 1. The van der Waals surface area contributed by atoms with Crippen molar-refractivity contribution in [2.24, 2.45) is 0 Å². The van der Waals surface area contributed by atoms with E-state index in [2.05, 4.69) is 6.92 Å². The van der Waals surface area contributed by atoms with Crippen molar-refractivity contribution in [1.82, 2.24) is 0 Å². The summed E-state index contributed by atoms with van der Waals surface area (Å²) in [5.74, 6) is -0.0254. The van der Waals surface area contributed by atoms with Gasteiger partial charge >= 0.3 is 5.97 Å². The van der Waals surface area contributed by atoms with Gasteiger partial charge in [-0.3, -0.25) is 0 Å². The molecule has 0 aliphatic rings. The van der Waals surface area contributed by atoms with Crippen LogP contribution in [-0.2, 0) is 9.05 Å². The van der Waals surface area contributed by atoms with Gasteiger partial charge in [0.15, 0.2) is 5.75 Å². The van der Waals surface area contributed by atoms with E-state index >= 15 is 0 Å². The molecule has 0 unspecified atom stereocenters. The molecular formula is C18H19ClO5S2. The predicted octanol–water partition coefficient (Wildman–Crippen LogP) is 5.39. The fourth-order valence-corrected chi connectivity index (χ4v) is 4.34. The lowest BCUT2D eigenvalue weighted by Crippen LogP contribution is -2.04. The molecule has 0 aromatic heterocycles. The van der Waals surface area contributed by atoms with Crippen molar-refractivity contribution >= 4 is 37.5 Å². The monoisotopic (exact) mass is 414 g/mol. The highest BCUT2D eigenvalue weighted by atomic mass is 35.7. The molecule has 0 aliphatic carbocycles. The SMILES string of the molecule is CCCCCSc1cc(C(=O)O)cc(S(=O)(=O)Cl)c1Oc1ccccc1. The van der Waals surface area contributed by atoms with Gasteiger partial charge in [0, 0.05) is 10.7 Å². The maximum absolute atomic E-state index is 12.0. The van der Waals surface area contributed by atoms with Crippen molar-refractivity contribution in [3.63, 3.8) is 0 Å². The highest BCUT2D eigenvalue weighted by Gasteiger charge is 2.24. The Hall–Kier alpha value is -1.70. The number of hydrogen-bond acceptors (Lipinski definition) is 5. The molecule has 0 amide bonds. The third-order valence-corrected chi connectivity index (χ3v) is 5.93. The third-order valence-electron chi connectivity index (χ3n) is 3.50. The number of para-hydroxylation sites is 1. The number of rotatable bonds is 9. The van der Waals surface area contributed by atoms with Crippen LogP contribution in [0, 0.1) is 0 Å². The second-order valence-corrected chi connectivity index (χ2v) is 9.19. The standard InChI is InChI=1S/C18H19ClO5S2/c1-2-3-7-10-25-15-11-13(18(20)21)12-16(26(19,22)23)17(15)24-14-8-5-4-6-9-14/h4-6,8-9,11-12H,2-3,7,10H2,1H3,(H,20,21). The van der Waals surface area contributed by atoms with Gasteiger partial charge in [0.05, 0.1) is 10.5 Å². The van der Waals surface area contributed by atoms with Crippen molar-refractivity contribution in [2.75, 3.05) is 5.75 Å². The van der Waals surface area contributed by atoms with Gasteiger partial charge in [-0.05, 0) is 36.4 Å². The lowest BCUT2D eigenvalue weighted by atomic mass is 10.2. The first-order valence-corrected chi connectivity index (χ1v) is 11.3. The molecule has 2 aromatic carbocycles. The summed E-state index contributed by atoms with van der Waals surface area (Å²) in [6.07, 6.45) is 3.00. The van der Waals surface area contributed by atoms with E-state index in [4.69, 9.17) is 15.4 Å². The Kier molecular flexibility index (Phi) is 7.37. The van der Waals surface area contributed by atoms with Gasteiger partial charge in [-0.15, -0.1) is 11.8 Å². The first kappa shape index (κ1) is 20.6. The molecule has 0 fully saturated rings. The molecule has 0 bridgehead atoms. The maximum Gasteiger partial charge on any atom is 0.335 e. The highest BCUT2D eigenvalue weighted by molar-refractivity contribution is 8.13. The summed E-state index contributed by atoms with van der Waals surface area (Å²) in [6, 6.07) is 11.1. The van der Waals surface area contributed by atoms with Gasteiger partial charge in [-0.2, -0.15) is 0 Å². The number of ether oxygens (including phenoxy) is 1. The topological polar surface area (TPSA) is 80.7 Å². The second-order valence-electron chi connectivity index (χ2n) is 5.52. The number of unbranched alkanes of at least 4 members (excludes halogenated alkanes) is 2. The lowest BCUT2D eigenvalue weighted by Gasteiger charge is -2.15. The minimum Gasteiger partial charge on any atom is -0.478 e. The Morgan fingerprint density at radius 1 is 1.19 bits per heavy atom. The average molecular weight is 415 g/mol. The smallest absolute Gasteiger partial charge is 0.335 e. The van der Waals surface area contributed by atoms with Gasteiger partial charge < -0.3 is 9.84 Å². The molecule has 1 N–H and O–H groups in total. The quantitative estimate of drug-likeness (QED) is 0.336. The zero-order valence-electron chi connectivity index (χ0n) is 14.1. The minimum atomic E-state index is -4.20. The zero-order chi connectivity index (χ0) is 19.2. The van der Waals surface area contributed by atoms with Crippen LogP contribution in [0.1, 0.15) is 36.5 Å². The van der Waals surface area contributed by atoms with Crippen molar-refractivity contribution in [3.8, 4) is 11.5 Å². The molecule has 2 rings (SSSR count). The largest absolute Gasteiger partial charge is 0.478 e. The molecular weight excluding hydrogens is 396 g/mol. The fraction of sp³-hybridized carbons (Fsp3) is 0.278. The van der Waals surface area contributed by atoms with Gasteiger partial charge in [0.25, 0.3) is 9.05 Å². The van der Waals surface area contributed by atoms with Crippen LogP contribution >= 0.6 is 22.4 Å². The van der Waals surface area contributed by atoms with Crippen molar-refractivity contribution in [2.45, 2.75) is 36.0 Å². The molecule has 2 aromatic rings. The second kappa shape index (κ2) is 9.30. The van der Waals surface area contributed by atoms with Crippen LogP contribution < -0.4 is 4.74 Å². The van der Waals surface area contributed by atoms with E-state index in [-0.39, 0.29) is 16.2 Å². The molecule has 0 aliphatic heterocycles. The number of thioether (sulfide) groups is 1. The molecule has 0 radical (unpaired) electrons. The van der Waals surface area contributed by atoms with Crippen LogP contribution in [-0.4, -0.2) is 25.2 Å². The number of benzene rings is 2. The normalized spacial score (nSPS) is 11.3. The highest BCUT2D eigenvalue weighted by Crippen LogP contribution is 2.41. The van der Waals surface area contributed by atoms with Gasteiger partial charge in [-0.1, -0.05) is 38.0 Å². The first-order chi connectivity index (χ1) is 12.3. The van der Waals surface area contributed by atoms with E-state index < -0.39 is 15.0 Å². The first-order valence-electron chi connectivity index (χ1n) is 8.04. The van der Waals surface area contributed by atoms with Crippen LogP contribution in [0.2, 0.25) is 0 Å².